The summed E-state index contributed by atoms with van der Waals surface area (Å²) in [7, 11) is 0. The van der Waals surface area contributed by atoms with E-state index in [2.05, 4.69) is 30.9 Å². The normalized spacial score (nSPS) is 14.8. The van der Waals surface area contributed by atoms with Crippen molar-refractivity contribution in [3.8, 4) is 11.1 Å². The largest absolute Gasteiger partial charge is 0.444 e. The number of aromatic nitrogens is 5. The fourth-order valence-electron chi connectivity index (χ4n) is 4.36. The number of carbonyl (C=O) groups is 1. The Kier molecular flexibility index (Phi) is 7.08. The zero-order valence-electron chi connectivity index (χ0n) is 21.2. The van der Waals surface area contributed by atoms with Crippen molar-refractivity contribution in [3.63, 3.8) is 0 Å². The van der Waals surface area contributed by atoms with E-state index in [1.165, 1.54) is 5.56 Å². The SMILES string of the molecule is CC(C)(C)OC(=O)N1CCN(Cc2ccnc(Cc3nc4ccc(-c5cnc(Cl)nc5)cc4[nH]3)c2)CC1. The molecule has 0 aliphatic carbocycles. The smallest absolute Gasteiger partial charge is 0.410 e. The van der Waals surface area contributed by atoms with Gasteiger partial charge >= 0.3 is 6.09 Å². The predicted octanol–water partition coefficient (Wildman–Crippen LogP) is 4.71. The summed E-state index contributed by atoms with van der Waals surface area (Å²) >= 11 is 5.81. The first-order valence-electron chi connectivity index (χ1n) is 12.3. The lowest BCUT2D eigenvalue weighted by molar-refractivity contribution is 0.0139. The lowest BCUT2D eigenvalue weighted by atomic mass is 10.1. The second-order valence-electron chi connectivity index (χ2n) is 10.2. The summed E-state index contributed by atoms with van der Waals surface area (Å²) in [4.78, 5) is 37.3. The highest BCUT2D eigenvalue weighted by Crippen LogP contribution is 2.23. The van der Waals surface area contributed by atoms with Crippen LogP contribution in [0.2, 0.25) is 5.28 Å². The summed E-state index contributed by atoms with van der Waals surface area (Å²) in [6.07, 6.45) is 5.64. The van der Waals surface area contributed by atoms with E-state index < -0.39 is 5.60 Å². The third-order valence-electron chi connectivity index (χ3n) is 6.14. The molecule has 1 fully saturated rings. The number of hydrogen-bond donors (Lipinski definition) is 1. The van der Waals surface area contributed by atoms with Crippen molar-refractivity contribution in [2.24, 2.45) is 0 Å². The molecule has 0 spiro atoms. The van der Waals surface area contributed by atoms with Crippen LogP contribution in [0.25, 0.3) is 22.2 Å². The van der Waals surface area contributed by atoms with E-state index in [1.54, 1.807) is 17.3 Å². The molecule has 5 rings (SSSR count). The van der Waals surface area contributed by atoms with Crippen LogP contribution in [0.4, 0.5) is 4.79 Å². The second-order valence-corrected chi connectivity index (χ2v) is 10.6. The highest BCUT2D eigenvalue weighted by molar-refractivity contribution is 6.28. The molecule has 9 nitrogen and oxygen atoms in total. The molecular formula is C27H30ClN7O2. The molecule has 192 valence electrons. The Hall–Kier alpha value is -3.56. The summed E-state index contributed by atoms with van der Waals surface area (Å²) in [6, 6.07) is 10.2. The summed E-state index contributed by atoms with van der Waals surface area (Å²) in [5, 5.41) is 0.228. The number of ether oxygens (including phenoxy) is 1. The number of carbonyl (C=O) groups excluding carboxylic acids is 1. The quantitative estimate of drug-likeness (QED) is 0.381. The number of amides is 1. The topological polar surface area (TPSA) is 100 Å². The molecule has 1 aliphatic rings. The average Bonchev–Trinajstić information content (AvgIpc) is 3.25. The fourth-order valence-corrected chi connectivity index (χ4v) is 4.45. The zero-order chi connectivity index (χ0) is 26.0. The molecule has 4 heterocycles. The molecule has 1 saturated heterocycles. The molecule has 37 heavy (non-hydrogen) atoms. The van der Waals surface area contributed by atoms with Crippen molar-refractivity contribution in [1.82, 2.24) is 34.7 Å². The molecule has 1 amide bonds. The lowest BCUT2D eigenvalue weighted by Crippen LogP contribution is -2.49. The predicted molar refractivity (Wildman–Crippen MR) is 142 cm³/mol. The van der Waals surface area contributed by atoms with Gasteiger partial charge < -0.3 is 14.6 Å². The Morgan fingerprint density at radius 2 is 1.78 bits per heavy atom. The molecule has 3 aromatic heterocycles. The van der Waals surface area contributed by atoms with Gasteiger partial charge in [-0.15, -0.1) is 0 Å². The van der Waals surface area contributed by atoms with Gasteiger partial charge in [0.2, 0.25) is 5.28 Å². The molecule has 0 bridgehead atoms. The van der Waals surface area contributed by atoms with Gasteiger partial charge in [-0.25, -0.2) is 19.7 Å². The van der Waals surface area contributed by atoms with Crippen molar-refractivity contribution >= 4 is 28.7 Å². The molecule has 0 radical (unpaired) electrons. The number of nitrogens with one attached hydrogen (secondary N) is 1. The number of imidazole rings is 1. The molecule has 0 unspecified atom stereocenters. The first kappa shape index (κ1) is 25.1. The molecule has 1 aromatic carbocycles. The van der Waals surface area contributed by atoms with Crippen LogP contribution in [-0.2, 0) is 17.7 Å². The number of H-pyrrole nitrogens is 1. The minimum Gasteiger partial charge on any atom is -0.444 e. The zero-order valence-corrected chi connectivity index (χ0v) is 22.0. The third-order valence-corrected chi connectivity index (χ3v) is 6.34. The maximum Gasteiger partial charge on any atom is 0.410 e. The third kappa shape index (κ3) is 6.42. The van der Waals surface area contributed by atoms with Crippen molar-refractivity contribution in [1.29, 1.82) is 0 Å². The number of rotatable bonds is 5. The van der Waals surface area contributed by atoms with Crippen LogP contribution in [0, 0.1) is 0 Å². The number of nitrogens with zero attached hydrogens (tertiary/aromatic N) is 6. The summed E-state index contributed by atoms with van der Waals surface area (Å²) in [6.45, 7) is 9.42. The first-order valence-corrected chi connectivity index (χ1v) is 12.7. The number of aromatic amines is 1. The van der Waals surface area contributed by atoms with Crippen molar-refractivity contribution in [2.75, 3.05) is 26.2 Å². The number of fused-ring (bicyclic) bond motifs is 1. The fraction of sp³-hybridized carbons (Fsp3) is 0.370. The molecular weight excluding hydrogens is 490 g/mol. The van der Waals surface area contributed by atoms with E-state index in [0.29, 0.717) is 19.5 Å². The number of pyridine rings is 1. The maximum absolute atomic E-state index is 12.3. The monoisotopic (exact) mass is 519 g/mol. The molecule has 0 saturated carbocycles. The highest BCUT2D eigenvalue weighted by atomic mass is 35.5. The highest BCUT2D eigenvalue weighted by Gasteiger charge is 2.25. The Balaban J connectivity index is 1.21. The van der Waals surface area contributed by atoms with Crippen LogP contribution in [0.1, 0.15) is 37.9 Å². The van der Waals surface area contributed by atoms with Gasteiger partial charge in [0.15, 0.2) is 0 Å². The number of halogens is 1. The van der Waals surface area contributed by atoms with E-state index >= 15 is 0 Å². The van der Waals surface area contributed by atoms with Crippen molar-refractivity contribution in [2.45, 2.75) is 39.3 Å². The van der Waals surface area contributed by atoms with E-state index in [4.69, 9.17) is 21.3 Å². The number of hydrogen-bond acceptors (Lipinski definition) is 7. The minimum atomic E-state index is -0.477. The molecule has 1 aliphatic heterocycles. The van der Waals surface area contributed by atoms with E-state index in [0.717, 1.165) is 53.3 Å². The van der Waals surface area contributed by atoms with E-state index in [9.17, 15) is 4.79 Å². The number of benzene rings is 1. The summed E-state index contributed by atoms with van der Waals surface area (Å²) in [5.41, 5.74) is 5.39. The summed E-state index contributed by atoms with van der Waals surface area (Å²) < 4.78 is 5.50. The van der Waals surface area contributed by atoms with Crippen LogP contribution in [0.15, 0.2) is 48.9 Å². The second kappa shape index (κ2) is 10.4. The standard InChI is InChI=1S/C27H30ClN7O2/c1-27(2,3)37-26(36)35-10-8-34(9-11-35)17-18-6-7-29-21(12-18)14-24-32-22-5-4-19(13-23(22)33-24)20-15-30-25(28)31-16-20/h4-7,12-13,15-16H,8-11,14,17H2,1-3H3,(H,32,33). The Morgan fingerprint density at radius 1 is 1.03 bits per heavy atom. The van der Waals surface area contributed by atoms with Gasteiger partial charge in [-0.1, -0.05) is 6.07 Å². The molecule has 4 aromatic rings. The molecule has 0 atom stereocenters. The Bertz CT molecular complexity index is 1390. The van der Waals surface area contributed by atoms with E-state index in [-0.39, 0.29) is 11.4 Å². The van der Waals surface area contributed by atoms with Gasteiger partial charge in [0.05, 0.1) is 11.0 Å². The van der Waals surface area contributed by atoms with E-state index in [1.807, 2.05) is 51.2 Å². The Morgan fingerprint density at radius 3 is 2.51 bits per heavy atom. The van der Waals surface area contributed by atoms with Gasteiger partial charge in [-0.3, -0.25) is 9.88 Å². The van der Waals surface area contributed by atoms with Gasteiger partial charge in [0.25, 0.3) is 0 Å². The van der Waals surface area contributed by atoms with Crippen LogP contribution in [-0.4, -0.2) is 72.6 Å². The van der Waals surface area contributed by atoms with Crippen molar-refractivity contribution < 1.29 is 9.53 Å². The first-order chi connectivity index (χ1) is 17.7. The van der Waals surface area contributed by atoms with Crippen LogP contribution in [0.5, 0.6) is 0 Å². The van der Waals surface area contributed by atoms with Crippen molar-refractivity contribution in [3.05, 3.63) is 71.3 Å². The molecule has 1 N–H and O–H groups in total. The average molecular weight is 520 g/mol. The lowest BCUT2D eigenvalue weighted by Gasteiger charge is -2.35. The van der Waals surface area contributed by atoms with Gasteiger partial charge in [0, 0.05) is 69.0 Å². The van der Waals surface area contributed by atoms with Crippen LogP contribution < -0.4 is 0 Å². The maximum atomic E-state index is 12.3. The van der Waals surface area contributed by atoms with Gasteiger partial charge in [-0.05, 0) is 67.8 Å². The summed E-state index contributed by atoms with van der Waals surface area (Å²) in [5.74, 6) is 0.857. The van der Waals surface area contributed by atoms with Gasteiger partial charge in [0.1, 0.15) is 11.4 Å². The van der Waals surface area contributed by atoms with Crippen LogP contribution >= 0.6 is 11.6 Å². The van der Waals surface area contributed by atoms with Crippen LogP contribution in [0.3, 0.4) is 0 Å². The minimum absolute atomic E-state index is 0.228. The Labute approximate surface area is 220 Å². The molecule has 10 heteroatoms. The number of piperazine rings is 1. The van der Waals surface area contributed by atoms with Gasteiger partial charge in [-0.2, -0.15) is 0 Å².